The molecule has 2 aliphatic heterocycles. The zero-order chi connectivity index (χ0) is 24.9. The third-order valence-electron chi connectivity index (χ3n) is 6.65. The number of carbonyl (C=O) groups is 1. The minimum atomic E-state index is -4.13. The highest BCUT2D eigenvalue weighted by molar-refractivity contribution is 7.89. The third-order valence-corrected chi connectivity index (χ3v) is 8.10. The zero-order valence-corrected chi connectivity index (χ0v) is 20.7. The lowest BCUT2D eigenvalue weighted by Crippen LogP contribution is -2.30. The molecular formula is C25H27N5O4S. The summed E-state index contributed by atoms with van der Waals surface area (Å²) in [6.45, 7) is 3.31. The number of fused-ring (bicyclic) bond motifs is 4. The van der Waals surface area contributed by atoms with Crippen molar-refractivity contribution in [3.63, 3.8) is 0 Å². The number of carbonyl (C=O) groups excluding carboxylic acids is 1. The maximum absolute atomic E-state index is 13.6. The van der Waals surface area contributed by atoms with E-state index in [1.807, 2.05) is 18.2 Å². The van der Waals surface area contributed by atoms with Crippen LogP contribution in [0, 0.1) is 0 Å². The molecule has 2 aromatic carbocycles. The first kappa shape index (κ1) is 23.3. The number of hydrogen-bond donors (Lipinski definition) is 2. The summed E-state index contributed by atoms with van der Waals surface area (Å²) >= 11 is 0. The van der Waals surface area contributed by atoms with E-state index in [0.29, 0.717) is 27.8 Å². The van der Waals surface area contributed by atoms with Gasteiger partial charge in [0.1, 0.15) is 0 Å². The second-order valence-corrected chi connectivity index (χ2v) is 10.7. The average molecular weight is 494 g/mol. The molecule has 3 aliphatic rings. The summed E-state index contributed by atoms with van der Waals surface area (Å²) in [5.74, 6) is -0.304. The van der Waals surface area contributed by atoms with Crippen molar-refractivity contribution in [1.82, 2.24) is 14.3 Å². The highest BCUT2D eigenvalue weighted by atomic mass is 32.2. The summed E-state index contributed by atoms with van der Waals surface area (Å²) in [6.07, 6.45) is 3.47. The van der Waals surface area contributed by atoms with Gasteiger partial charge in [0.2, 0.25) is 21.4 Å². The Hall–Kier alpha value is -3.50. The SMILES string of the molecule is CNS(=O)(=O)c1c2n(C)c3cc(N4CCCCC4)ccc3nc-2c2c(NC(C)=O)cccc2c1=O. The number of aryl methyl sites for hydroxylation is 1. The van der Waals surface area contributed by atoms with Gasteiger partial charge >= 0.3 is 0 Å². The Kier molecular flexibility index (Phi) is 5.72. The molecule has 2 heterocycles. The van der Waals surface area contributed by atoms with Crippen molar-refractivity contribution in [1.29, 1.82) is 0 Å². The fourth-order valence-corrected chi connectivity index (χ4v) is 6.03. The second-order valence-electron chi connectivity index (χ2n) is 8.86. The first-order chi connectivity index (χ1) is 16.7. The van der Waals surface area contributed by atoms with Crippen LogP contribution in [0.25, 0.3) is 33.2 Å². The number of sulfonamides is 1. The van der Waals surface area contributed by atoms with E-state index in [4.69, 9.17) is 4.98 Å². The van der Waals surface area contributed by atoms with Gasteiger partial charge in [0, 0.05) is 43.5 Å². The largest absolute Gasteiger partial charge is 0.371 e. The lowest BCUT2D eigenvalue weighted by Gasteiger charge is -2.29. The van der Waals surface area contributed by atoms with Crippen molar-refractivity contribution in [2.45, 2.75) is 31.1 Å². The number of anilines is 2. The van der Waals surface area contributed by atoms with Gasteiger partial charge in [-0.25, -0.2) is 18.1 Å². The maximum Gasteiger partial charge on any atom is 0.246 e. The van der Waals surface area contributed by atoms with Crippen molar-refractivity contribution in [2.24, 2.45) is 7.05 Å². The van der Waals surface area contributed by atoms with E-state index >= 15 is 0 Å². The van der Waals surface area contributed by atoms with Crippen molar-refractivity contribution < 1.29 is 13.2 Å². The quantitative estimate of drug-likeness (QED) is 0.334. The van der Waals surface area contributed by atoms with Crippen LogP contribution in [-0.4, -0.2) is 44.0 Å². The van der Waals surface area contributed by atoms with E-state index in [0.717, 1.165) is 31.6 Å². The third kappa shape index (κ3) is 3.82. The molecule has 1 amide bonds. The molecule has 2 N–H and O–H groups in total. The van der Waals surface area contributed by atoms with Crippen LogP contribution in [0.5, 0.6) is 0 Å². The number of piperidine rings is 1. The Morgan fingerprint density at radius 2 is 1.83 bits per heavy atom. The summed E-state index contributed by atoms with van der Waals surface area (Å²) in [7, 11) is -1.10. The normalized spacial score (nSPS) is 14.7. The molecule has 0 atom stereocenters. The van der Waals surface area contributed by atoms with Crippen LogP contribution in [0.2, 0.25) is 0 Å². The lowest BCUT2D eigenvalue weighted by atomic mass is 10.0. The first-order valence-corrected chi connectivity index (χ1v) is 13.1. The van der Waals surface area contributed by atoms with E-state index in [-0.39, 0.29) is 21.9 Å². The number of aromatic nitrogens is 2. The number of rotatable bonds is 4. The fraction of sp³-hybridized carbons (Fsp3) is 0.320. The number of hydrogen-bond acceptors (Lipinski definition) is 6. The Morgan fingerprint density at radius 3 is 2.51 bits per heavy atom. The predicted octanol–water partition coefficient (Wildman–Crippen LogP) is 3.05. The minimum Gasteiger partial charge on any atom is -0.371 e. The molecule has 0 saturated carbocycles. The number of nitrogens with zero attached hydrogens (tertiary/aromatic N) is 3. The van der Waals surface area contributed by atoms with Gasteiger partial charge < -0.3 is 14.8 Å². The van der Waals surface area contributed by atoms with Gasteiger partial charge in [-0.05, 0) is 50.6 Å². The molecule has 0 radical (unpaired) electrons. The van der Waals surface area contributed by atoms with Crippen molar-refractivity contribution >= 4 is 49.1 Å². The van der Waals surface area contributed by atoms with E-state index in [9.17, 15) is 18.0 Å². The molecular weight excluding hydrogens is 466 g/mol. The van der Waals surface area contributed by atoms with Gasteiger partial charge in [0.05, 0.1) is 28.1 Å². The van der Waals surface area contributed by atoms with Crippen LogP contribution in [-0.2, 0) is 21.9 Å². The van der Waals surface area contributed by atoms with Crippen LogP contribution < -0.4 is 20.4 Å². The summed E-state index contributed by atoms with van der Waals surface area (Å²) < 4.78 is 30.2. The zero-order valence-electron chi connectivity index (χ0n) is 19.9. The smallest absolute Gasteiger partial charge is 0.246 e. The Morgan fingerprint density at radius 1 is 1.09 bits per heavy atom. The van der Waals surface area contributed by atoms with Gasteiger partial charge in [-0.2, -0.15) is 0 Å². The van der Waals surface area contributed by atoms with Gasteiger partial charge in [0.25, 0.3) is 0 Å². The Balaban J connectivity index is 1.94. The van der Waals surface area contributed by atoms with Crippen LogP contribution in [0.15, 0.2) is 46.1 Å². The molecule has 1 aliphatic carbocycles. The van der Waals surface area contributed by atoms with Gasteiger partial charge in [-0.3, -0.25) is 9.59 Å². The van der Waals surface area contributed by atoms with Crippen LogP contribution in [0.4, 0.5) is 11.4 Å². The fourth-order valence-electron chi connectivity index (χ4n) is 4.98. The molecule has 10 heteroatoms. The number of amides is 1. The number of nitrogens with one attached hydrogen (secondary N) is 2. The van der Waals surface area contributed by atoms with Gasteiger partial charge in [-0.15, -0.1) is 0 Å². The molecule has 0 unspecified atom stereocenters. The maximum atomic E-state index is 13.6. The van der Waals surface area contributed by atoms with E-state index < -0.39 is 15.5 Å². The standard InChI is InChI=1S/C25H27N5O4S/c1-15(31)27-19-9-7-8-17-21(19)22-23(25(24(17)32)35(33,34)26-2)29(3)20-14-16(10-11-18(20)28-22)30-12-5-4-6-13-30/h7-11,14,26H,4-6,12-13H2,1-3H3,(H,27,31). The Labute approximate surface area is 203 Å². The summed E-state index contributed by atoms with van der Waals surface area (Å²) in [4.78, 5) is 32.3. The number of benzene rings is 3. The highest BCUT2D eigenvalue weighted by Gasteiger charge is 2.31. The molecule has 182 valence electrons. The molecule has 0 spiro atoms. The van der Waals surface area contributed by atoms with Crippen LogP contribution in [0.1, 0.15) is 26.2 Å². The topological polar surface area (TPSA) is 113 Å². The molecule has 35 heavy (non-hydrogen) atoms. The van der Waals surface area contributed by atoms with Crippen molar-refractivity contribution in [3.8, 4) is 11.4 Å². The summed E-state index contributed by atoms with van der Waals surface area (Å²) in [5.41, 5.74) is 2.70. The molecule has 9 nitrogen and oxygen atoms in total. The van der Waals surface area contributed by atoms with E-state index in [1.165, 1.54) is 20.4 Å². The van der Waals surface area contributed by atoms with Crippen LogP contribution in [0.3, 0.4) is 0 Å². The molecule has 1 fully saturated rings. The summed E-state index contributed by atoms with van der Waals surface area (Å²) in [6, 6.07) is 10.8. The molecule has 5 rings (SSSR count). The van der Waals surface area contributed by atoms with Crippen LogP contribution >= 0.6 is 0 Å². The predicted molar refractivity (Wildman–Crippen MR) is 138 cm³/mol. The minimum absolute atomic E-state index is 0.175. The molecule has 1 saturated heterocycles. The Bertz CT molecular complexity index is 1620. The highest BCUT2D eigenvalue weighted by Crippen LogP contribution is 2.38. The summed E-state index contributed by atoms with van der Waals surface area (Å²) in [5, 5.41) is 3.35. The van der Waals surface area contributed by atoms with Crippen molar-refractivity contribution in [2.75, 3.05) is 30.4 Å². The van der Waals surface area contributed by atoms with E-state index in [2.05, 4.69) is 14.9 Å². The molecule has 0 aromatic heterocycles. The lowest BCUT2D eigenvalue weighted by molar-refractivity contribution is -0.114. The van der Waals surface area contributed by atoms with E-state index in [1.54, 1.807) is 29.8 Å². The monoisotopic (exact) mass is 493 g/mol. The first-order valence-electron chi connectivity index (χ1n) is 11.6. The molecule has 0 bridgehead atoms. The second kappa shape index (κ2) is 8.62. The van der Waals surface area contributed by atoms with Gasteiger partial charge in [-0.1, -0.05) is 12.1 Å². The van der Waals surface area contributed by atoms with Gasteiger partial charge in [0.15, 0.2) is 4.90 Å². The van der Waals surface area contributed by atoms with Crippen molar-refractivity contribution in [3.05, 3.63) is 46.6 Å². The molecule has 2 aromatic rings. The average Bonchev–Trinajstić information content (AvgIpc) is 2.85.